The molecule has 4 nitrogen and oxygen atoms in total. The SMILES string of the molecule is CC(C(=O)NC1(CC(=O)O)CCC1)c1ccc(Cl)s1. The maximum Gasteiger partial charge on any atom is 0.305 e. The highest BCUT2D eigenvalue weighted by molar-refractivity contribution is 7.16. The summed E-state index contributed by atoms with van der Waals surface area (Å²) in [7, 11) is 0. The molecule has 2 N–H and O–H groups in total. The highest BCUT2D eigenvalue weighted by Crippen LogP contribution is 2.36. The highest BCUT2D eigenvalue weighted by atomic mass is 35.5. The minimum atomic E-state index is -0.869. The molecule has 104 valence electrons. The third-order valence-electron chi connectivity index (χ3n) is 3.60. The number of nitrogens with one attached hydrogen (secondary N) is 1. The summed E-state index contributed by atoms with van der Waals surface area (Å²) in [6.07, 6.45) is 2.44. The summed E-state index contributed by atoms with van der Waals surface area (Å²) in [5.41, 5.74) is -0.543. The molecule has 0 aliphatic heterocycles. The van der Waals surface area contributed by atoms with Gasteiger partial charge in [0.1, 0.15) is 0 Å². The van der Waals surface area contributed by atoms with E-state index in [1.165, 1.54) is 11.3 Å². The van der Waals surface area contributed by atoms with Crippen molar-refractivity contribution >= 4 is 34.8 Å². The van der Waals surface area contributed by atoms with Crippen molar-refractivity contribution in [3.8, 4) is 0 Å². The van der Waals surface area contributed by atoms with E-state index in [1.54, 1.807) is 6.07 Å². The van der Waals surface area contributed by atoms with E-state index in [-0.39, 0.29) is 18.2 Å². The number of carbonyl (C=O) groups is 2. The fraction of sp³-hybridized carbons (Fsp3) is 0.538. The molecular weight excluding hydrogens is 286 g/mol. The van der Waals surface area contributed by atoms with E-state index in [1.807, 2.05) is 13.0 Å². The molecule has 0 aromatic carbocycles. The zero-order chi connectivity index (χ0) is 14.0. The molecule has 1 aromatic rings. The second-order valence-electron chi connectivity index (χ2n) is 5.06. The van der Waals surface area contributed by atoms with Crippen LogP contribution in [0.1, 0.15) is 43.4 Å². The third kappa shape index (κ3) is 3.28. The van der Waals surface area contributed by atoms with Gasteiger partial charge in [0, 0.05) is 4.88 Å². The fourth-order valence-corrected chi connectivity index (χ4v) is 3.41. The minimum Gasteiger partial charge on any atom is -0.481 e. The molecular formula is C13H16ClNO3S. The van der Waals surface area contributed by atoms with Crippen LogP contribution in [0.15, 0.2) is 12.1 Å². The molecule has 0 saturated heterocycles. The van der Waals surface area contributed by atoms with Crippen LogP contribution < -0.4 is 5.32 Å². The lowest BCUT2D eigenvalue weighted by Gasteiger charge is -2.42. The molecule has 1 saturated carbocycles. The number of hydrogen-bond donors (Lipinski definition) is 2. The van der Waals surface area contributed by atoms with Crippen LogP contribution in [0.5, 0.6) is 0 Å². The van der Waals surface area contributed by atoms with Gasteiger partial charge in [-0.25, -0.2) is 0 Å². The number of carboxylic acids is 1. The van der Waals surface area contributed by atoms with Gasteiger partial charge in [-0.3, -0.25) is 9.59 Å². The van der Waals surface area contributed by atoms with Crippen molar-refractivity contribution in [1.82, 2.24) is 5.32 Å². The summed E-state index contributed by atoms with van der Waals surface area (Å²) in [6.45, 7) is 1.81. The number of thiophene rings is 1. The molecule has 1 heterocycles. The number of rotatable bonds is 5. The molecule has 1 amide bonds. The Bertz CT molecular complexity index is 496. The maximum atomic E-state index is 12.2. The first kappa shape index (κ1) is 14.3. The minimum absolute atomic E-state index is 0.00332. The fourth-order valence-electron chi connectivity index (χ4n) is 2.30. The Morgan fingerprint density at radius 1 is 1.53 bits per heavy atom. The first-order valence-corrected chi connectivity index (χ1v) is 7.40. The predicted molar refractivity (Wildman–Crippen MR) is 74.7 cm³/mol. The van der Waals surface area contributed by atoms with Gasteiger partial charge in [-0.05, 0) is 38.3 Å². The normalized spacial score (nSPS) is 18.4. The van der Waals surface area contributed by atoms with E-state index in [9.17, 15) is 9.59 Å². The van der Waals surface area contributed by atoms with Crippen LogP contribution in [0, 0.1) is 0 Å². The Morgan fingerprint density at radius 2 is 2.21 bits per heavy atom. The molecule has 1 aliphatic carbocycles. The Morgan fingerprint density at radius 3 is 2.63 bits per heavy atom. The monoisotopic (exact) mass is 301 g/mol. The number of hydrogen-bond acceptors (Lipinski definition) is 3. The van der Waals surface area contributed by atoms with Crippen molar-refractivity contribution in [2.75, 3.05) is 0 Å². The van der Waals surface area contributed by atoms with Gasteiger partial charge in [0.15, 0.2) is 0 Å². The lowest BCUT2D eigenvalue weighted by Crippen LogP contribution is -2.55. The summed E-state index contributed by atoms with van der Waals surface area (Å²) in [5.74, 6) is -1.30. The standard InChI is InChI=1S/C13H16ClNO3S/c1-8(9-3-4-10(14)19-9)12(18)15-13(5-2-6-13)7-11(16)17/h3-4,8H,2,5-7H2,1H3,(H,15,18)(H,16,17). The predicted octanol–water partition coefficient (Wildman–Crippen LogP) is 3.02. The van der Waals surface area contributed by atoms with E-state index in [0.717, 1.165) is 24.1 Å². The van der Waals surface area contributed by atoms with Crippen molar-refractivity contribution in [3.05, 3.63) is 21.3 Å². The average molecular weight is 302 g/mol. The Balaban J connectivity index is 2.01. The zero-order valence-electron chi connectivity index (χ0n) is 10.6. The number of aliphatic carboxylic acids is 1. The smallest absolute Gasteiger partial charge is 0.305 e. The van der Waals surface area contributed by atoms with Gasteiger partial charge in [0.25, 0.3) is 0 Å². The summed E-state index contributed by atoms with van der Waals surface area (Å²) < 4.78 is 0.651. The quantitative estimate of drug-likeness (QED) is 0.878. The number of carbonyl (C=O) groups excluding carboxylic acids is 1. The molecule has 1 fully saturated rings. The average Bonchev–Trinajstić information content (AvgIpc) is 2.71. The summed E-state index contributed by atoms with van der Waals surface area (Å²) in [5, 5.41) is 11.8. The summed E-state index contributed by atoms with van der Waals surface area (Å²) in [6, 6.07) is 3.60. The van der Waals surface area contributed by atoms with Crippen molar-refractivity contribution in [2.24, 2.45) is 0 Å². The number of halogens is 1. The van der Waals surface area contributed by atoms with Crippen molar-refractivity contribution < 1.29 is 14.7 Å². The van der Waals surface area contributed by atoms with Crippen LogP contribution in [0.25, 0.3) is 0 Å². The van der Waals surface area contributed by atoms with Crippen LogP contribution in [-0.4, -0.2) is 22.5 Å². The molecule has 2 rings (SSSR count). The largest absolute Gasteiger partial charge is 0.481 e. The lowest BCUT2D eigenvalue weighted by molar-refractivity contribution is -0.140. The Hall–Kier alpha value is -1.07. The van der Waals surface area contributed by atoms with Gasteiger partial charge in [0.2, 0.25) is 5.91 Å². The summed E-state index contributed by atoms with van der Waals surface area (Å²) in [4.78, 5) is 24.0. The molecule has 1 unspecified atom stereocenters. The van der Waals surface area contributed by atoms with E-state index >= 15 is 0 Å². The van der Waals surface area contributed by atoms with E-state index < -0.39 is 11.5 Å². The Kier molecular flexibility index (Phi) is 4.16. The van der Waals surface area contributed by atoms with Gasteiger partial charge < -0.3 is 10.4 Å². The number of carboxylic acid groups (broad SMARTS) is 1. The number of amides is 1. The van der Waals surface area contributed by atoms with Gasteiger partial charge >= 0.3 is 5.97 Å². The maximum absolute atomic E-state index is 12.2. The highest BCUT2D eigenvalue weighted by Gasteiger charge is 2.41. The zero-order valence-corrected chi connectivity index (χ0v) is 12.2. The van der Waals surface area contributed by atoms with E-state index in [2.05, 4.69) is 5.32 Å². The molecule has 0 bridgehead atoms. The molecule has 0 radical (unpaired) electrons. The molecule has 6 heteroatoms. The second-order valence-corrected chi connectivity index (χ2v) is 6.80. The first-order valence-electron chi connectivity index (χ1n) is 6.21. The van der Waals surface area contributed by atoms with Gasteiger partial charge in [-0.15, -0.1) is 11.3 Å². The first-order chi connectivity index (χ1) is 8.92. The molecule has 19 heavy (non-hydrogen) atoms. The van der Waals surface area contributed by atoms with Gasteiger partial charge in [-0.1, -0.05) is 11.6 Å². The van der Waals surface area contributed by atoms with Crippen molar-refractivity contribution in [3.63, 3.8) is 0 Å². The second kappa shape index (κ2) is 5.51. The van der Waals surface area contributed by atoms with E-state index in [0.29, 0.717) is 4.34 Å². The van der Waals surface area contributed by atoms with Crippen LogP contribution in [0.2, 0.25) is 4.34 Å². The van der Waals surface area contributed by atoms with E-state index in [4.69, 9.17) is 16.7 Å². The topological polar surface area (TPSA) is 66.4 Å². The van der Waals surface area contributed by atoms with Gasteiger partial charge in [-0.2, -0.15) is 0 Å². The van der Waals surface area contributed by atoms with Crippen LogP contribution in [0.3, 0.4) is 0 Å². The third-order valence-corrected chi connectivity index (χ3v) is 5.02. The van der Waals surface area contributed by atoms with Crippen molar-refractivity contribution in [2.45, 2.75) is 44.1 Å². The molecule has 0 spiro atoms. The van der Waals surface area contributed by atoms with Crippen molar-refractivity contribution in [1.29, 1.82) is 0 Å². The molecule has 1 aliphatic rings. The van der Waals surface area contributed by atoms with Crippen LogP contribution in [0.4, 0.5) is 0 Å². The van der Waals surface area contributed by atoms with Crippen LogP contribution >= 0.6 is 22.9 Å². The lowest BCUT2D eigenvalue weighted by atomic mass is 9.74. The summed E-state index contributed by atoms with van der Waals surface area (Å²) >= 11 is 7.24. The van der Waals surface area contributed by atoms with Gasteiger partial charge in [0.05, 0.1) is 22.2 Å². The Labute approximate surface area is 120 Å². The molecule has 1 atom stereocenters. The van der Waals surface area contributed by atoms with Crippen LogP contribution in [-0.2, 0) is 9.59 Å². The molecule has 1 aromatic heterocycles.